The van der Waals surface area contributed by atoms with Gasteiger partial charge in [-0.05, 0) is 18.0 Å². The molecule has 0 unspecified atom stereocenters. The first-order valence-corrected chi connectivity index (χ1v) is 6.75. The van der Waals surface area contributed by atoms with E-state index in [0.717, 1.165) is 11.6 Å². The van der Waals surface area contributed by atoms with Crippen molar-refractivity contribution in [3.63, 3.8) is 0 Å². The smallest absolute Gasteiger partial charge is 0.216 e. The standard InChI is InChI=1S/C13H11IN4O2/c14-11(19)5-13(20)18-4-2-1-3-12(18)17-8-10-6-15-9-16-7-10/h1-7,9,20H,8H2/p-1. The SMILES string of the molecule is O=C(I)C=C([O-])n1ccccc1=NCc1cncnc1. The highest BCUT2D eigenvalue weighted by molar-refractivity contribution is 14.1. The number of nitrogens with zero attached hydrogens (tertiary/aromatic N) is 4. The Kier molecular flexibility index (Phi) is 4.99. The highest BCUT2D eigenvalue weighted by Gasteiger charge is 1.95. The molecular formula is C13H10IN4O2-. The predicted molar refractivity (Wildman–Crippen MR) is 79.0 cm³/mol. The third-order valence-corrected chi connectivity index (χ3v) is 2.66. The maximum absolute atomic E-state index is 11.9. The minimum atomic E-state index is -0.423. The van der Waals surface area contributed by atoms with E-state index in [-0.39, 0.29) is 3.79 Å². The molecule has 0 bridgehead atoms. The van der Waals surface area contributed by atoms with E-state index in [1.807, 2.05) is 0 Å². The fourth-order valence-electron chi connectivity index (χ4n) is 1.50. The normalized spacial score (nSPS) is 12.4. The van der Waals surface area contributed by atoms with Crippen molar-refractivity contribution in [3.8, 4) is 0 Å². The van der Waals surface area contributed by atoms with Gasteiger partial charge in [0.1, 0.15) is 11.8 Å². The Balaban J connectivity index is 2.35. The van der Waals surface area contributed by atoms with Crippen LogP contribution >= 0.6 is 22.6 Å². The number of pyridine rings is 1. The first-order chi connectivity index (χ1) is 9.66. The summed E-state index contributed by atoms with van der Waals surface area (Å²) in [4.78, 5) is 23.1. The lowest BCUT2D eigenvalue weighted by atomic mass is 10.3. The number of carbonyl (C=O) groups excluding carboxylic acids is 1. The van der Waals surface area contributed by atoms with Crippen LogP contribution in [-0.4, -0.2) is 18.3 Å². The van der Waals surface area contributed by atoms with E-state index in [2.05, 4.69) is 15.0 Å². The lowest BCUT2D eigenvalue weighted by Crippen LogP contribution is -2.25. The van der Waals surface area contributed by atoms with E-state index in [0.29, 0.717) is 12.0 Å². The van der Waals surface area contributed by atoms with Crippen LogP contribution in [0.2, 0.25) is 0 Å². The molecule has 0 atom stereocenters. The van der Waals surface area contributed by atoms with E-state index in [1.165, 1.54) is 10.9 Å². The molecule has 2 heterocycles. The number of allylic oxidation sites excluding steroid dienone is 1. The fourth-order valence-corrected chi connectivity index (χ4v) is 1.77. The molecule has 102 valence electrons. The van der Waals surface area contributed by atoms with Gasteiger partial charge in [-0.15, -0.1) is 0 Å². The van der Waals surface area contributed by atoms with Crippen molar-refractivity contribution < 1.29 is 9.90 Å². The number of halogens is 1. The van der Waals surface area contributed by atoms with Gasteiger partial charge in [0.25, 0.3) is 0 Å². The summed E-state index contributed by atoms with van der Waals surface area (Å²) in [7, 11) is 0. The molecule has 0 aliphatic carbocycles. The van der Waals surface area contributed by atoms with E-state index in [9.17, 15) is 9.90 Å². The maximum atomic E-state index is 11.9. The van der Waals surface area contributed by atoms with Gasteiger partial charge in [0.05, 0.1) is 6.54 Å². The largest absolute Gasteiger partial charge is 0.860 e. The van der Waals surface area contributed by atoms with Crippen LogP contribution in [0.4, 0.5) is 0 Å². The van der Waals surface area contributed by atoms with Crippen molar-refractivity contribution in [1.29, 1.82) is 0 Å². The Morgan fingerprint density at radius 2 is 2.15 bits per heavy atom. The van der Waals surface area contributed by atoms with Crippen LogP contribution in [0.3, 0.4) is 0 Å². The second kappa shape index (κ2) is 6.94. The van der Waals surface area contributed by atoms with E-state index in [1.54, 1.807) is 59.4 Å². The quantitative estimate of drug-likeness (QED) is 0.334. The Bertz CT molecular complexity index is 695. The average Bonchev–Trinajstić information content (AvgIpc) is 2.46. The zero-order valence-corrected chi connectivity index (χ0v) is 12.5. The van der Waals surface area contributed by atoms with Crippen LogP contribution in [-0.2, 0) is 11.3 Å². The number of carbonyl (C=O) groups is 1. The summed E-state index contributed by atoms with van der Waals surface area (Å²) < 4.78 is 0.992. The Labute approximate surface area is 128 Å². The second-order valence-electron chi connectivity index (χ2n) is 3.78. The van der Waals surface area contributed by atoms with Gasteiger partial charge in [-0.25, -0.2) is 9.97 Å². The Morgan fingerprint density at radius 1 is 1.40 bits per heavy atom. The lowest BCUT2D eigenvalue weighted by Gasteiger charge is -2.15. The number of aromatic nitrogens is 3. The van der Waals surface area contributed by atoms with Crippen molar-refractivity contribution in [1.82, 2.24) is 14.5 Å². The summed E-state index contributed by atoms with van der Waals surface area (Å²) >= 11 is 1.55. The van der Waals surface area contributed by atoms with Crippen LogP contribution in [0.25, 0.3) is 5.88 Å². The molecule has 0 saturated carbocycles. The first kappa shape index (κ1) is 14.4. The highest BCUT2D eigenvalue weighted by Crippen LogP contribution is 1.98. The maximum Gasteiger partial charge on any atom is 0.216 e. The lowest BCUT2D eigenvalue weighted by molar-refractivity contribution is -0.255. The summed E-state index contributed by atoms with van der Waals surface area (Å²) in [6, 6.07) is 5.18. The predicted octanol–water partition coefficient (Wildman–Crippen LogP) is 0.499. The van der Waals surface area contributed by atoms with E-state index >= 15 is 0 Å². The molecule has 0 spiro atoms. The zero-order valence-electron chi connectivity index (χ0n) is 10.3. The number of hydrogen-bond acceptors (Lipinski definition) is 5. The van der Waals surface area contributed by atoms with Gasteiger partial charge in [0, 0.05) is 52.8 Å². The minimum Gasteiger partial charge on any atom is -0.860 e. The van der Waals surface area contributed by atoms with Gasteiger partial charge in [0.15, 0.2) is 0 Å². The molecule has 2 rings (SSSR count). The Hall–Kier alpha value is -2.03. The topological polar surface area (TPSA) is 83.2 Å². The average molecular weight is 381 g/mol. The van der Waals surface area contributed by atoms with E-state index < -0.39 is 5.88 Å². The molecule has 6 nitrogen and oxygen atoms in total. The molecule has 0 aliphatic heterocycles. The monoisotopic (exact) mass is 381 g/mol. The molecule has 2 aromatic rings. The summed E-state index contributed by atoms with van der Waals surface area (Å²) in [5.41, 5.74) is 1.31. The highest BCUT2D eigenvalue weighted by atomic mass is 127. The summed E-state index contributed by atoms with van der Waals surface area (Å²) in [6.07, 6.45) is 7.35. The van der Waals surface area contributed by atoms with Gasteiger partial charge in [-0.2, -0.15) is 0 Å². The third kappa shape index (κ3) is 3.98. The van der Waals surface area contributed by atoms with Crippen molar-refractivity contribution in [3.05, 3.63) is 60.2 Å². The fraction of sp³-hybridized carbons (Fsp3) is 0.0769. The molecule has 0 amide bonds. The van der Waals surface area contributed by atoms with Crippen LogP contribution in [0, 0.1) is 0 Å². The molecule has 0 saturated heterocycles. The van der Waals surface area contributed by atoms with Crippen LogP contribution in [0.1, 0.15) is 5.56 Å². The molecule has 2 aromatic heterocycles. The van der Waals surface area contributed by atoms with Gasteiger partial charge >= 0.3 is 0 Å². The molecule has 0 aromatic carbocycles. The summed E-state index contributed by atoms with van der Waals surface area (Å²) in [5.74, 6) is -0.423. The van der Waals surface area contributed by atoms with Gasteiger partial charge in [-0.3, -0.25) is 9.79 Å². The zero-order chi connectivity index (χ0) is 14.4. The van der Waals surface area contributed by atoms with Crippen LogP contribution in [0.15, 0.2) is 54.2 Å². The molecule has 0 N–H and O–H groups in total. The number of rotatable bonds is 4. The van der Waals surface area contributed by atoms with Crippen LogP contribution in [0.5, 0.6) is 0 Å². The van der Waals surface area contributed by atoms with Gasteiger partial charge in [0.2, 0.25) is 3.79 Å². The molecule has 7 heteroatoms. The Morgan fingerprint density at radius 3 is 2.85 bits per heavy atom. The van der Waals surface area contributed by atoms with Crippen molar-refractivity contribution in [2.45, 2.75) is 6.54 Å². The third-order valence-electron chi connectivity index (χ3n) is 2.35. The summed E-state index contributed by atoms with van der Waals surface area (Å²) in [6.45, 7) is 0.357. The molecule has 20 heavy (non-hydrogen) atoms. The van der Waals surface area contributed by atoms with Gasteiger partial charge < -0.3 is 9.67 Å². The van der Waals surface area contributed by atoms with Gasteiger partial charge in [-0.1, -0.05) is 6.07 Å². The van der Waals surface area contributed by atoms with E-state index in [4.69, 9.17) is 0 Å². The summed E-state index contributed by atoms with van der Waals surface area (Å²) in [5, 5.41) is 11.9. The number of hydrogen-bond donors (Lipinski definition) is 0. The van der Waals surface area contributed by atoms with Crippen LogP contribution < -0.4 is 10.6 Å². The minimum absolute atomic E-state index is 0.327. The van der Waals surface area contributed by atoms with Crippen molar-refractivity contribution >= 4 is 32.3 Å². The molecule has 0 aliphatic rings. The molecule has 0 radical (unpaired) electrons. The van der Waals surface area contributed by atoms with Crippen molar-refractivity contribution in [2.75, 3.05) is 0 Å². The first-order valence-electron chi connectivity index (χ1n) is 5.67. The molecule has 0 fully saturated rings. The second-order valence-corrected chi connectivity index (χ2v) is 4.84. The van der Waals surface area contributed by atoms with Crippen molar-refractivity contribution in [2.24, 2.45) is 4.99 Å². The molecular weight excluding hydrogens is 371 g/mol.